The Morgan fingerprint density at radius 3 is 2.92 bits per heavy atom. The number of methoxy groups -OCH3 is 1. The second-order valence-corrected chi connectivity index (χ2v) is 7.78. The summed E-state index contributed by atoms with van der Waals surface area (Å²) in [6.07, 6.45) is 2.56. The van der Waals surface area contributed by atoms with Gasteiger partial charge >= 0.3 is 0 Å². The predicted octanol–water partition coefficient (Wildman–Crippen LogP) is 3.33. The number of hydrogen-bond acceptors (Lipinski definition) is 5. The van der Waals surface area contributed by atoms with Crippen LogP contribution >= 0.6 is 11.3 Å². The highest BCUT2D eigenvalue weighted by molar-refractivity contribution is 7.13. The number of aromatic nitrogens is 1. The minimum Gasteiger partial charge on any atom is -0.495 e. The van der Waals surface area contributed by atoms with E-state index in [0.717, 1.165) is 16.9 Å². The number of carbonyl (C=O) groups is 2. The van der Waals surface area contributed by atoms with Crippen LogP contribution in [0.15, 0.2) is 23.6 Å². The maximum Gasteiger partial charge on any atom is 0.231 e. The second-order valence-electron chi connectivity index (χ2n) is 6.92. The molecule has 1 aromatic carbocycles. The van der Waals surface area contributed by atoms with Gasteiger partial charge in [0.05, 0.1) is 24.4 Å². The number of ether oxygens (including phenoxy) is 1. The van der Waals surface area contributed by atoms with Crippen molar-refractivity contribution in [3.63, 3.8) is 0 Å². The third kappa shape index (κ3) is 3.31. The number of thiazole rings is 1. The fourth-order valence-corrected chi connectivity index (χ4v) is 4.04. The number of aryl methyl sites for hydroxylation is 1. The first-order valence-corrected chi connectivity index (χ1v) is 9.64. The average molecular weight is 371 g/mol. The molecule has 2 amide bonds. The van der Waals surface area contributed by atoms with Crippen molar-refractivity contribution in [2.45, 2.75) is 32.1 Å². The molecular weight excluding hydrogens is 350 g/mol. The molecule has 1 unspecified atom stereocenters. The van der Waals surface area contributed by atoms with Gasteiger partial charge in [-0.1, -0.05) is 6.07 Å². The topological polar surface area (TPSA) is 71.5 Å². The van der Waals surface area contributed by atoms with Gasteiger partial charge in [0, 0.05) is 24.3 Å². The van der Waals surface area contributed by atoms with Crippen LogP contribution in [0.3, 0.4) is 0 Å². The van der Waals surface area contributed by atoms with E-state index in [4.69, 9.17) is 4.74 Å². The highest BCUT2D eigenvalue weighted by Gasteiger charge is 2.36. The van der Waals surface area contributed by atoms with Crippen molar-refractivity contribution in [3.05, 3.63) is 34.8 Å². The molecular formula is C19H21N3O3S. The molecule has 26 heavy (non-hydrogen) atoms. The first-order chi connectivity index (χ1) is 12.5. The molecule has 1 aromatic heterocycles. The molecule has 2 aromatic rings. The van der Waals surface area contributed by atoms with E-state index in [1.807, 2.05) is 30.5 Å². The molecule has 2 fully saturated rings. The third-order valence-electron chi connectivity index (χ3n) is 4.87. The van der Waals surface area contributed by atoms with Gasteiger partial charge in [-0.2, -0.15) is 0 Å². The summed E-state index contributed by atoms with van der Waals surface area (Å²) in [6.45, 7) is 2.32. The lowest BCUT2D eigenvalue weighted by atomic mass is 10.1. The van der Waals surface area contributed by atoms with Crippen LogP contribution < -0.4 is 15.0 Å². The van der Waals surface area contributed by atoms with Crippen molar-refractivity contribution in [2.75, 3.05) is 23.9 Å². The molecule has 0 bridgehead atoms. The summed E-state index contributed by atoms with van der Waals surface area (Å²) in [5.74, 6) is 0.602. The first-order valence-electron chi connectivity index (χ1n) is 8.76. The Morgan fingerprint density at radius 1 is 1.38 bits per heavy atom. The smallest absolute Gasteiger partial charge is 0.231 e. The van der Waals surface area contributed by atoms with Crippen molar-refractivity contribution < 1.29 is 14.3 Å². The van der Waals surface area contributed by atoms with E-state index >= 15 is 0 Å². The van der Waals surface area contributed by atoms with Crippen LogP contribution in [0.25, 0.3) is 0 Å². The number of hydrogen-bond donors (Lipinski definition) is 1. The van der Waals surface area contributed by atoms with Crippen LogP contribution in [0.2, 0.25) is 0 Å². The van der Waals surface area contributed by atoms with Gasteiger partial charge in [0.15, 0.2) is 5.13 Å². The van der Waals surface area contributed by atoms with E-state index in [1.165, 1.54) is 24.2 Å². The number of benzene rings is 1. The highest BCUT2D eigenvalue weighted by Crippen LogP contribution is 2.41. The van der Waals surface area contributed by atoms with Crippen LogP contribution in [-0.2, 0) is 9.59 Å². The zero-order chi connectivity index (χ0) is 18.3. The van der Waals surface area contributed by atoms with E-state index < -0.39 is 0 Å². The lowest BCUT2D eigenvalue weighted by Crippen LogP contribution is -2.28. The standard InChI is InChI=1S/C19H21N3O3S/c1-11-3-6-16(25-2)15(7-11)22-9-13(8-17(22)23)18(24)21-19-20-14(10-26-19)12-4-5-12/h3,6-7,10,12-13H,4-5,8-9H2,1-2H3,(H,20,21,24). The zero-order valence-electron chi connectivity index (χ0n) is 14.8. The number of anilines is 2. The number of nitrogens with one attached hydrogen (secondary N) is 1. The Labute approximate surface area is 156 Å². The fraction of sp³-hybridized carbons (Fsp3) is 0.421. The summed E-state index contributed by atoms with van der Waals surface area (Å²) in [4.78, 5) is 31.2. The SMILES string of the molecule is COc1ccc(C)cc1N1CC(C(=O)Nc2nc(C3CC3)cs2)CC1=O. The monoisotopic (exact) mass is 371 g/mol. The average Bonchev–Trinajstić information content (AvgIpc) is 3.25. The summed E-state index contributed by atoms with van der Waals surface area (Å²) in [7, 11) is 1.58. The Hall–Kier alpha value is -2.41. The number of carbonyl (C=O) groups excluding carboxylic acids is 2. The fourth-order valence-electron chi connectivity index (χ4n) is 3.24. The quantitative estimate of drug-likeness (QED) is 0.875. The van der Waals surface area contributed by atoms with Gasteiger partial charge in [0.2, 0.25) is 11.8 Å². The Kier molecular flexibility index (Phi) is 4.40. The Morgan fingerprint density at radius 2 is 2.19 bits per heavy atom. The van der Waals surface area contributed by atoms with Crippen molar-refractivity contribution in [2.24, 2.45) is 5.92 Å². The van der Waals surface area contributed by atoms with E-state index in [0.29, 0.717) is 23.3 Å². The molecule has 1 N–H and O–H groups in total. The molecule has 1 saturated carbocycles. The molecule has 0 radical (unpaired) electrons. The number of amides is 2. The highest BCUT2D eigenvalue weighted by atomic mass is 32.1. The van der Waals surface area contributed by atoms with Crippen LogP contribution in [-0.4, -0.2) is 30.5 Å². The van der Waals surface area contributed by atoms with Crippen molar-refractivity contribution in [1.82, 2.24) is 4.98 Å². The lowest BCUT2D eigenvalue weighted by Gasteiger charge is -2.20. The third-order valence-corrected chi connectivity index (χ3v) is 5.64. The zero-order valence-corrected chi connectivity index (χ0v) is 15.6. The van der Waals surface area contributed by atoms with Gasteiger partial charge in [-0.15, -0.1) is 11.3 Å². The molecule has 1 aliphatic carbocycles. The summed E-state index contributed by atoms with van der Waals surface area (Å²) in [5, 5.41) is 5.51. The van der Waals surface area contributed by atoms with Gasteiger partial charge in [0.1, 0.15) is 5.75 Å². The predicted molar refractivity (Wildman–Crippen MR) is 101 cm³/mol. The molecule has 4 rings (SSSR count). The molecule has 7 heteroatoms. The summed E-state index contributed by atoms with van der Waals surface area (Å²) >= 11 is 1.45. The Bertz CT molecular complexity index is 859. The number of rotatable bonds is 5. The van der Waals surface area contributed by atoms with Gasteiger partial charge in [-0.25, -0.2) is 4.98 Å². The van der Waals surface area contributed by atoms with E-state index in [9.17, 15) is 9.59 Å². The maximum absolute atomic E-state index is 12.6. The van der Waals surface area contributed by atoms with Crippen molar-refractivity contribution in [1.29, 1.82) is 0 Å². The minimum absolute atomic E-state index is 0.0631. The Balaban J connectivity index is 1.46. The molecule has 2 aliphatic rings. The normalized spacial score (nSPS) is 19.7. The van der Waals surface area contributed by atoms with Crippen LogP contribution in [0.4, 0.5) is 10.8 Å². The van der Waals surface area contributed by atoms with Crippen molar-refractivity contribution in [3.8, 4) is 5.75 Å². The van der Waals surface area contributed by atoms with Crippen LogP contribution in [0.1, 0.15) is 36.4 Å². The molecule has 0 spiro atoms. The van der Waals surface area contributed by atoms with E-state index in [-0.39, 0.29) is 24.2 Å². The maximum atomic E-state index is 12.6. The number of nitrogens with zero attached hydrogens (tertiary/aromatic N) is 2. The molecule has 6 nitrogen and oxygen atoms in total. The largest absolute Gasteiger partial charge is 0.495 e. The van der Waals surface area contributed by atoms with Crippen molar-refractivity contribution >= 4 is 34.0 Å². The van der Waals surface area contributed by atoms with Crippen LogP contribution in [0, 0.1) is 12.8 Å². The first kappa shape index (κ1) is 17.0. The molecule has 1 saturated heterocycles. The molecule has 2 heterocycles. The van der Waals surface area contributed by atoms with Crippen LogP contribution in [0.5, 0.6) is 5.75 Å². The minimum atomic E-state index is -0.388. The second kappa shape index (κ2) is 6.72. The van der Waals surface area contributed by atoms with E-state index in [1.54, 1.807) is 12.0 Å². The van der Waals surface area contributed by atoms with Gasteiger partial charge in [0.25, 0.3) is 0 Å². The summed E-state index contributed by atoms with van der Waals surface area (Å²) in [6, 6.07) is 5.70. The molecule has 1 aliphatic heterocycles. The summed E-state index contributed by atoms with van der Waals surface area (Å²) in [5.41, 5.74) is 2.83. The molecule has 136 valence electrons. The lowest BCUT2D eigenvalue weighted by molar-refractivity contribution is -0.122. The van der Waals surface area contributed by atoms with Gasteiger partial charge < -0.3 is 15.0 Å². The van der Waals surface area contributed by atoms with Gasteiger partial charge in [-0.05, 0) is 37.5 Å². The van der Waals surface area contributed by atoms with Gasteiger partial charge in [-0.3, -0.25) is 9.59 Å². The van der Waals surface area contributed by atoms with E-state index in [2.05, 4.69) is 10.3 Å². The summed E-state index contributed by atoms with van der Waals surface area (Å²) < 4.78 is 5.38. The molecule has 1 atom stereocenters.